The zero-order chi connectivity index (χ0) is 11.4. The summed E-state index contributed by atoms with van der Waals surface area (Å²) < 4.78 is 0. The first kappa shape index (κ1) is 11.8. The zero-order valence-electron chi connectivity index (χ0n) is 10.0. The molecule has 0 atom stereocenters. The maximum absolute atomic E-state index is 12.5. The first-order valence-electron chi connectivity index (χ1n) is 6.18. The van der Waals surface area contributed by atoms with Gasteiger partial charge >= 0.3 is 0 Å². The van der Waals surface area contributed by atoms with Gasteiger partial charge in [-0.2, -0.15) is 0 Å². The number of rotatable bonds is 2. The van der Waals surface area contributed by atoms with Gasteiger partial charge in [0.05, 0.1) is 0 Å². The predicted octanol–water partition coefficient (Wildman–Crippen LogP) is -1.24. The van der Waals surface area contributed by atoms with Crippen molar-refractivity contribution in [1.82, 2.24) is 20.9 Å². The van der Waals surface area contributed by atoms with Gasteiger partial charge in [0.15, 0.2) is 0 Å². The summed E-state index contributed by atoms with van der Waals surface area (Å²) in [6, 6.07) is 0. The molecule has 5 heteroatoms. The van der Waals surface area contributed by atoms with E-state index in [1.807, 2.05) is 11.9 Å². The summed E-state index contributed by atoms with van der Waals surface area (Å²) in [6.07, 6.45) is 1.79. The van der Waals surface area contributed by atoms with E-state index in [4.69, 9.17) is 0 Å². The summed E-state index contributed by atoms with van der Waals surface area (Å²) in [5.41, 5.74) is -0.317. The number of carbonyl (C=O) groups excluding carboxylic acids is 1. The van der Waals surface area contributed by atoms with Gasteiger partial charge in [-0.15, -0.1) is 0 Å². The molecule has 0 spiro atoms. The van der Waals surface area contributed by atoms with E-state index >= 15 is 0 Å². The summed E-state index contributed by atoms with van der Waals surface area (Å²) >= 11 is 0. The lowest BCUT2D eigenvalue weighted by Crippen LogP contribution is -2.63. The van der Waals surface area contributed by atoms with Crippen LogP contribution in [0.15, 0.2) is 0 Å². The van der Waals surface area contributed by atoms with E-state index in [-0.39, 0.29) is 11.4 Å². The fraction of sp³-hybridized carbons (Fsp3) is 0.909. The van der Waals surface area contributed by atoms with Gasteiger partial charge in [0.2, 0.25) is 5.91 Å². The molecule has 2 aliphatic heterocycles. The average molecular weight is 226 g/mol. The van der Waals surface area contributed by atoms with Crippen LogP contribution in [0.5, 0.6) is 0 Å². The average Bonchev–Trinajstić information content (AvgIpc) is 2.39. The molecule has 5 nitrogen and oxygen atoms in total. The Hall–Kier alpha value is -0.650. The second-order valence-corrected chi connectivity index (χ2v) is 4.62. The molecule has 0 radical (unpaired) electrons. The summed E-state index contributed by atoms with van der Waals surface area (Å²) in [7, 11) is 1.91. The number of hydrogen-bond acceptors (Lipinski definition) is 4. The molecule has 3 N–H and O–H groups in total. The third-order valence-corrected chi connectivity index (χ3v) is 3.75. The Morgan fingerprint density at radius 2 is 1.69 bits per heavy atom. The molecule has 2 saturated heterocycles. The van der Waals surface area contributed by atoms with E-state index in [1.54, 1.807) is 0 Å². The third kappa shape index (κ3) is 2.21. The Labute approximate surface area is 96.9 Å². The highest BCUT2D eigenvalue weighted by atomic mass is 16.2. The molecule has 0 aromatic carbocycles. The number of carbonyl (C=O) groups is 1. The third-order valence-electron chi connectivity index (χ3n) is 3.75. The summed E-state index contributed by atoms with van der Waals surface area (Å²) in [6.45, 7) is 5.39. The molecule has 2 rings (SSSR count). The smallest absolute Gasteiger partial charge is 0.243 e. The summed E-state index contributed by atoms with van der Waals surface area (Å²) in [5.74, 6) is 0.290. The lowest BCUT2D eigenvalue weighted by atomic mass is 9.86. The van der Waals surface area contributed by atoms with E-state index in [2.05, 4.69) is 16.0 Å². The zero-order valence-corrected chi connectivity index (χ0v) is 10.0. The summed E-state index contributed by atoms with van der Waals surface area (Å²) in [4.78, 5) is 14.5. The van der Waals surface area contributed by atoms with Crippen LogP contribution in [0, 0.1) is 0 Å². The van der Waals surface area contributed by atoms with Gasteiger partial charge < -0.3 is 20.9 Å². The van der Waals surface area contributed by atoms with Crippen LogP contribution in [0.4, 0.5) is 0 Å². The van der Waals surface area contributed by atoms with Crippen molar-refractivity contribution < 1.29 is 4.79 Å². The minimum Gasteiger partial charge on any atom is -0.339 e. The van der Waals surface area contributed by atoms with Crippen LogP contribution in [0.1, 0.15) is 12.8 Å². The minimum absolute atomic E-state index is 0.290. The molecular weight excluding hydrogens is 204 g/mol. The second kappa shape index (κ2) is 5.12. The highest BCUT2D eigenvalue weighted by Crippen LogP contribution is 2.21. The molecule has 0 saturated carbocycles. The number of nitrogens with one attached hydrogen (secondary N) is 3. The van der Waals surface area contributed by atoms with Crippen LogP contribution in [0.3, 0.4) is 0 Å². The lowest BCUT2D eigenvalue weighted by Gasteiger charge is -2.41. The predicted molar refractivity (Wildman–Crippen MR) is 63.3 cm³/mol. The highest BCUT2D eigenvalue weighted by molar-refractivity contribution is 5.86. The Kier molecular flexibility index (Phi) is 3.78. The van der Waals surface area contributed by atoms with Crippen LogP contribution in [-0.2, 0) is 4.79 Å². The van der Waals surface area contributed by atoms with Crippen LogP contribution >= 0.6 is 0 Å². The fourth-order valence-corrected chi connectivity index (χ4v) is 2.59. The van der Waals surface area contributed by atoms with Crippen molar-refractivity contribution in [2.75, 3.05) is 46.3 Å². The Bertz CT molecular complexity index is 244. The van der Waals surface area contributed by atoms with Crippen LogP contribution in [0.2, 0.25) is 0 Å². The van der Waals surface area contributed by atoms with Crippen molar-refractivity contribution in [3.63, 3.8) is 0 Å². The largest absolute Gasteiger partial charge is 0.339 e. The second-order valence-electron chi connectivity index (χ2n) is 4.62. The lowest BCUT2D eigenvalue weighted by molar-refractivity contribution is -0.140. The Morgan fingerprint density at radius 1 is 1.12 bits per heavy atom. The maximum atomic E-state index is 12.5. The van der Waals surface area contributed by atoms with E-state index < -0.39 is 0 Å². The Balaban J connectivity index is 2.04. The normalized spacial score (nSPS) is 25.4. The van der Waals surface area contributed by atoms with E-state index in [1.165, 1.54) is 0 Å². The van der Waals surface area contributed by atoms with Gasteiger partial charge in [-0.05, 0) is 33.0 Å². The summed E-state index contributed by atoms with van der Waals surface area (Å²) in [5, 5.41) is 9.85. The monoisotopic (exact) mass is 226 g/mol. The van der Waals surface area contributed by atoms with E-state index in [9.17, 15) is 4.79 Å². The van der Waals surface area contributed by atoms with Gasteiger partial charge in [0.25, 0.3) is 0 Å². The van der Waals surface area contributed by atoms with Gasteiger partial charge in [0.1, 0.15) is 5.54 Å². The van der Waals surface area contributed by atoms with Crippen molar-refractivity contribution in [1.29, 1.82) is 0 Å². The quantitative estimate of drug-likeness (QED) is 0.551. The van der Waals surface area contributed by atoms with Crippen molar-refractivity contribution in [3.05, 3.63) is 0 Å². The van der Waals surface area contributed by atoms with Crippen LogP contribution in [-0.4, -0.2) is 62.7 Å². The standard InChI is InChI=1S/C11H22N4O/c1-12-11(2-4-13-5-3-11)10(16)15-8-6-14-7-9-15/h12-14H,2-9H2,1H3. The number of piperazine rings is 1. The first-order valence-corrected chi connectivity index (χ1v) is 6.18. The fourth-order valence-electron chi connectivity index (χ4n) is 2.59. The first-order chi connectivity index (χ1) is 7.78. The van der Waals surface area contributed by atoms with Gasteiger partial charge in [0, 0.05) is 26.2 Å². The molecule has 0 aromatic heterocycles. The number of piperidine rings is 1. The van der Waals surface area contributed by atoms with Crippen LogP contribution in [0.25, 0.3) is 0 Å². The SMILES string of the molecule is CNC1(C(=O)N2CCNCC2)CCNCC1. The van der Waals surface area contributed by atoms with Crippen LogP contribution < -0.4 is 16.0 Å². The van der Waals surface area contributed by atoms with Crippen molar-refractivity contribution in [2.24, 2.45) is 0 Å². The van der Waals surface area contributed by atoms with Gasteiger partial charge in [-0.3, -0.25) is 4.79 Å². The highest BCUT2D eigenvalue weighted by Gasteiger charge is 2.40. The molecular formula is C11H22N4O. The Morgan fingerprint density at radius 3 is 2.25 bits per heavy atom. The van der Waals surface area contributed by atoms with E-state index in [0.29, 0.717) is 0 Å². The topological polar surface area (TPSA) is 56.4 Å². The molecule has 0 unspecified atom stereocenters. The van der Waals surface area contributed by atoms with Gasteiger partial charge in [-0.1, -0.05) is 0 Å². The van der Waals surface area contributed by atoms with Crippen molar-refractivity contribution in [3.8, 4) is 0 Å². The van der Waals surface area contributed by atoms with Gasteiger partial charge in [-0.25, -0.2) is 0 Å². The molecule has 0 aromatic rings. The number of amides is 1. The molecule has 1 amide bonds. The molecule has 0 aliphatic carbocycles. The van der Waals surface area contributed by atoms with Crippen molar-refractivity contribution >= 4 is 5.91 Å². The molecule has 2 fully saturated rings. The molecule has 0 bridgehead atoms. The van der Waals surface area contributed by atoms with E-state index in [0.717, 1.165) is 52.1 Å². The van der Waals surface area contributed by atoms with Crippen molar-refractivity contribution in [2.45, 2.75) is 18.4 Å². The molecule has 92 valence electrons. The number of nitrogens with zero attached hydrogens (tertiary/aromatic N) is 1. The number of likely N-dealkylation sites (N-methyl/N-ethyl adjacent to an activating group) is 1. The molecule has 2 aliphatic rings. The molecule has 16 heavy (non-hydrogen) atoms. The maximum Gasteiger partial charge on any atom is 0.243 e. The molecule has 2 heterocycles. The number of hydrogen-bond donors (Lipinski definition) is 3. The minimum atomic E-state index is -0.317.